The summed E-state index contributed by atoms with van der Waals surface area (Å²) in [5.74, 6) is 0.971. The van der Waals surface area contributed by atoms with Crippen molar-refractivity contribution >= 4 is 39.5 Å². The molecule has 0 radical (unpaired) electrons. The fraction of sp³-hybridized carbons (Fsp3) is 0.417. The number of nitrogens with one attached hydrogen (secondary N) is 1. The lowest BCUT2D eigenvalue weighted by molar-refractivity contribution is -0.138. The molecule has 0 spiro atoms. The Hall–Kier alpha value is -1.79. The van der Waals surface area contributed by atoms with Crippen molar-refractivity contribution in [2.24, 2.45) is 0 Å². The Morgan fingerprint density at radius 3 is 2.43 bits per heavy atom. The Bertz CT molecular complexity index is 841. The van der Waals surface area contributed by atoms with Crippen LogP contribution in [0.5, 0.6) is 0 Å². The summed E-state index contributed by atoms with van der Waals surface area (Å²) < 4.78 is 0.986. The molecule has 0 heterocycles. The molecule has 0 saturated carbocycles. The van der Waals surface area contributed by atoms with Crippen LogP contribution in [0.1, 0.15) is 43.9 Å². The summed E-state index contributed by atoms with van der Waals surface area (Å²) in [6.45, 7) is 8.29. The summed E-state index contributed by atoms with van der Waals surface area (Å²) in [5.41, 5.74) is 3.42. The Balaban J connectivity index is 2.07. The maximum atomic E-state index is 13.1. The lowest BCUT2D eigenvalue weighted by Crippen LogP contribution is -2.50. The zero-order valence-corrected chi connectivity index (χ0v) is 20.6. The number of aryl methyl sites for hydroxylation is 1. The Kier molecular flexibility index (Phi) is 9.92. The largest absolute Gasteiger partial charge is 0.352 e. The SMILES string of the molecule is CC[C@@H](C)NC(=O)[C@H](C)N(Cc1ccc(Br)cc1)C(=O)CSCc1cccc(C)c1. The van der Waals surface area contributed by atoms with Gasteiger partial charge in [-0.25, -0.2) is 0 Å². The Labute approximate surface area is 192 Å². The molecule has 2 atom stereocenters. The molecule has 0 saturated heterocycles. The topological polar surface area (TPSA) is 49.4 Å². The van der Waals surface area contributed by atoms with Gasteiger partial charge in [0, 0.05) is 22.8 Å². The number of carbonyl (C=O) groups is 2. The second kappa shape index (κ2) is 12.2. The van der Waals surface area contributed by atoms with Gasteiger partial charge in [-0.1, -0.05) is 64.8 Å². The van der Waals surface area contributed by atoms with Gasteiger partial charge in [0.15, 0.2) is 0 Å². The van der Waals surface area contributed by atoms with E-state index in [1.54, 1.807) is 23.6 Å². The molecule has 0 fully saturated rings. The van der Waals surface area contributed by atoms with Gasteiger partial charge >= 0.3 is 0 Å². The highest BCUT2D eigenvalue weighted by atomic mass is 79.9. The van der Waals surface area contributed by atoms with Crippen molar-refractivity contribution in [1.29, 1.82) is 0 Å². The third-order valence-electron chi connectivity index (χ3n) is 5.01. The lowest BCUT2D eigenvalue weighted by atomic mass is 10.1. The van der Waals surface area contributed by atoms with Gasteiger partial charge in [0.25, 0.3) is 0 Å². The molecule has 2 rings (SSSR count). The zero-order valence-electron chi connectivity index (χ0n) is 18.2. The number of carbonyl (C=O) groups excluding carboxylic acids is 2. The summed E-state index contributed by atoms with van der Waals surface area (Å²) in [4.78, 5) is 27.5. The number of amides is 2. The molecule has 0 aliphatic rings. The summed E-state index contributed by atoms with van der Waals surface area (Å²) in [6.07, 6.45) is 0.853. The molecule has 2 aromatic carbocycles. The molecule has 1 N–H and O–H groups in total. The van der Waals surface area contributed by atoms with Crippen molar-refractivity contribution in [3.8, 4) is 0 Å². The highest BCUT2D eigenvalue weighted by Crippen LogP contribution is 2.18. The van der Waals surface area contributed by atoms with Crippen molar-refractivity contribution < 1.29 is 9.59 Å². The lowest BCUT2D eigenvalue weighted by Gasteiger charge is -2.29. The third-order valence-corrected chi connectivity index (χ3v) is 6.53. The Morgan fingerprint density at radius 2 is 1.80 bits per heavy atom. The van der Waals surface area contributed by atoms with E-state index in [1.807, 2.05) is 44.2 Å². The highest BCUT2D eigenvalue weighted by Gasteiger charge is 2.26. The van der Waals surface area contributed by atoms with E-state index in [2.05, 4.69) is 46.4 Å². The normalized spacial score (nSPS) is 12.8. The molecule has 0 bridgehead atoms. The number of hydrogen-bond donors (Lipinski definition) is 1. The summed E-state index contributed by atoms with van der Waals surface area (Å²) in [5, 5.41) is 3.00. The molecular formula is C24H31BrN2O2S. The molecule has 0 unspecified atom stereocenters. The predicted octanol–water partition coefficient (Wildman–Crippen LogP) is 5.32. The highest BCUT2D eigenvalue weighted by molar-refractivity contribution is 9.10. The van der Waals surface area contributed by atoms with E-state index >= 15 is 0 Å². The average Bonchev–Trinajstić information content (AvgIpc) is 2.72. The van der Waals surface area contributed by atoms with Gasteiger partial charge in [0.05, 0.1) is 5.75 Å². The van der Waals surface area contributed by atoms with Crippen LogP contribution < -0.4 is 5.32 Å². The van der Waals surface area contributed by atoms with E-state index in [9.17, 15) is 9.59 Å². The minimum absolute atomic E-state index is 0.0256. The molecule has 0 aliphatic heterocycles. The molecular weight excluding hydrogens is 460 g/mol. The van der Waals surface area contributed by atoms with Crippen LogP contribution in [0.3, 0.4) is 0 Å². The molecule has 4 nitrogen and oxygen atoms in total. The summed E-state index contributed by atoms with van der Waals surface area (Å²) in [6, 6.07) is 15.7. The number of hydrogen-bond acceptors (Lipinski definition) is 3. The monoisotopic (exact) mass is 490 g/mol. The van der Waals surface area contributed by atoms with Crippen molar-refractivity contribution in [3.63, 3.8) is 0 Å². The molecule has 6 heteroatoms. The minimum atomic E-state index is -0.533. The first-order chi connectivity index (χ1) is 14.3. The average molecular weight is 491 g/mol. The van der Waals surface area contributed by atoms with Crippen LogP contribution in [0.15, 0.2) is 53.0 Å². The quantitative estimate of drug-likeness (QED) is 0.489. The van der Waals surface area contributed by atoms with Crippen molar-refractivity contribution in [2.45, 2.75) is 58.5 Å². The molecule has 30 heavy (non-hydrogen) atoms. The van der Waals surface area contributed by atoms with E-state index < -0.39 is 6.04 Å². The van der Waals surface area contributed by atoms with Gasteiger partial charge in [0.1, 0.15) is 6.04 Å². The zero-order chi connectivity index (χ0) is 22.1. The first-order valence-corrected chi connectivity index (χ1v) is 12.2. The smallest absolute Gasteiger partial charge is 0.242 e. The van der Waals surface area contributed by atoms with Crippen LogP contribution in [0.4, 0.5) is 0 Å². The van der Waals surface area contributed by atoms with Gasteiger partial charge in [-0.15, -0.1) is 11.8 Å². The molecule has 2 aromatic rings. The van der Waals surface area contributed by atoms with Crippen molar-refractivity contribution in [1.82, 2.24) is 10.2 Å². The minimum Gasteiger partial charge on any atom is -0.352 e. The number of benzene rings is 2. The van der Waals surface area contributed by atoms with Gasteiger partial charge in [-0.2, -0.15) is 0 Å². The van der Waals surface area contributed by atoms with E-state index in [0.29, 0.717) is 12.3 Å². The van der Waals surface area contributed by atoms with Gasteiger partial charge in [-0.3, -0.25) is 9.59 Å². The van der Waals surface area contributed by atoms with Crippen LogP contribution >= 0.6 is 27.7 Å². The first-order valence-electron chi connectivity index (χ1n) is 10.3. The predicted molar refractivity (Wildman–Crippen MR) is 129 cm³/mol. The first kappa shape index (κ1) is 24.5. The number of thioether (sulfide) groups is 1. The fourth-order valence-corrected chi connectivity index (χ4v) is 4.10. The molecule has 0 aromatic heterocycles. The van der Waals surface area contributed by atoms with Crippen LogP contribution in [-0.2, 0) is 21.9 Å². The molecule has 2 amide bonds. The maximum absolute atomic E-state index is 13.1. The van der Waals surface area contributed by atoms with E-state index in [1.165, 1.54) is 11.1 Å². The summed E-state index contributed by atoms with van der Waals surface area (Å²) in [7, 11) is 0. The van der Waals surface area contributed by atoms with Gasteiger partial charge in [-0.05, 0) is 50.5 Å². The van der Waals surface area contributed by atoms with Crippen LogP contribution in [0.2, 0.25) is 0 Å². The number of halogens is 1. The third kappa shape index (κ3) is 7.80. The second-order valence-corrected chi connectivity index (χ2v) is 9.53. The van der Waals surface area contributed by atoms with Gasteiger partial charge < -0.3 is 10.2 Å². The molecule has 0 aliphatic carbocycles. The summed E-state index contributed by atoms with van der Waals surface area (Å²) >= 11 is 5.02. The Morgan fingerprint density at radius 1 is 1.10 bits per heavy atom. The fourth-order valence-electron chi connectivity index (χ4n) is 2.98. The van der Waals surface area contributed by atoms with E-state index in [4.69, 9.17) is 0 Å². The maximum Gasteiger partial charge on any atom is 0.242 e. The van der Waals surface area contributed by atoms with Crippen LogP contribution in [0.25, 0.3) is 0 Å². The van der Waals surface area contributed by atoms with Crippen LogP contribution in [-0.4, -0.2) is 34.6 Å². The van der Waals surface area contributed by atoms with Crippen molar-refractivity contribution in [3.05, 3.63) is 69.7 Å². The van der Waals surface area contributed by atoms with Crippen LogP contribution in [0, 0.1) is 6.92 Å². The van der Waals surface area contributed by atoms with E-state index in [0.717, 1.165) is 22.2 Å². The van der Waals surface area contributed by atoms with Crippen molar-refractivity contribution in [2.75, 3.05) is 5.75 Å². The van der Waals surface area contributed by atoms with Gasteiger partial charge in [0.2, 0.25) is 11.8 Å². The standard InChI is InChI=1S/C24H31BrN2O2S/c1-5-18(3)26-24(29)19(4)27(14-20-9-11-22(25)12-10-20)23(28)16-30-15-21-8-6-7-17(2)13-21/h6-13,18-19H,5,14-16H2,1-4H3,(H,26,29)/t18-,19+/m1/s1. The second-order valence-electron chi connectivity index (χ2n) is 7.62. The number of nitrogens with zero attached hydrogens (tertiary/aromatic N) is 1. The molecule has 162 valence electrons. The number of rotatable bonds is 10. The van der Waals surface area contributed by atoms with E-state index in [-0.39, 0.29) is 17.9 Å².